The smallest absolute Gasteiger partial charge is 0.131 e. The average Bonchev–Trinajstić information content (AvgIpc) is 2.03. The minimum Gasteiger partial charge on any atom is -0.242 e. The summed E-state index contributed by atoms with van der Waals surface area (Å²) in [6, 6.07) is 10.1. The van der Waals surface area contributed by atoms with Crippen LogP contribution in [0.1, 0.15) is 32.5 Å². The Bertz CT molecular complexity index is 233. The van der Waals surface area contributed by atoms with Gasteiger partial charge in [0.15, 0.2) is 0 Å². The van der Waals surface area contributed by atoms with Gasteiger partial charge in [0.2, 0.25) is 0 Å². The Morgan fingerprint density at radius 3 is 2.42 bits per heavy atom. The molecule has 0 N–H and O–H groups in total. The van der Waals surface area contributed by atoms with Crippen LogP contribution in [0.4, 0.5) is 4.39 Å². The highest BCUT2D eigenvalue weighted by molar-refractivity contribution is 5.17. The third-order valence-corrected chi connectivity index (χ3v) is 1.77. The van der Waals surface area contributed by atoms with Gasteiger partial charge in [-0.05, 0) is 17.0 Å². The molecule has 0 bridgehead atoms. The van der Waals surface area contributed by atoms with Gasteiger partial charge in [-0.25, -0.2) is 4.39 Å². The molecular weight excluding hydrogens is 151 g/mol. The first-order valence-electron chi connectivity index (χ1n) is 4.12. The lowest BCUT2D eigenvalue weighted by molar-refractivity contribution is 0.164. The van der Waals surface area contributed by atoms with E-state index in [-0.39, 0.29) is 5.41 Å². The van der Waals surface area contributed by atoms with Crippen molar-refractivity contribution in [3.63, 3.8) is 0 Å². The molecular formula is C11H14F. The van der Waals surface area contributed by atoms with Gasteiger partial charge < -0.3 is 0 Å². The van der Waals surface area contributed by atoms with E-state index >= 15 is 0 Å². The second-order valence-corrected chi connectivity index (χ2v) is 4.05. The number of benzene rings is 1. The third kappa shape index (κ3) is 2.07. The van der Waals surface area contributed by atoms with Crippen molar-refractivity contribution in [2.75, 3.05) is 0 Å². The van der Waals surface area contributed by atoms with E-state index in [1.807, 2.05) is 32.9 Å². The first kappa shape index (κ1) is 9.24. The highest BCUT2D eigenvalue weighted by Crippen LogP contribution is 2.35. The summed E-state index contributed by atoms with van der Waals surface area (Å²) in [6.45, 7) is 5.66. The van der Waals surface area contributed by atoms with Crippen LogP contribution < -0.4 is 0 Å². The van der Waals surface area contributed by atoms with Crippen molar-refractivity contribution < 1.29 is 4.39 Å². The summed E-state index contributed by atoms with van der Waals surface area (Å²) in [5.74, 6) is 0. The average molecular weight is 165 g/mol. The molecule has 1 aromatic carbocycles. The predicted molar refractivity (Wildman–Crippen MR) is 48.6 cm³/mol. The van der Waals surface area contributed by atoms with Crippen LogP contribution >= 0.6 is 0 Å². The molecule has 0 fully saturated rings. The molecule has 0 saturated carbocycles. The van der Waals surface area contributed by atoms with Crippen molar-refractivity contribution in [1.29, 1.82) is 0 Å². The molecule has 0 aliphatic carbocycles. The molecule has 1 aromatic rings. The third-order valence-electron chi connectivity index (χ3n) is 1.77. The Morgan fingerprint density at radius 1 is 1.33 bits per heavy atom. The van der Waals surface area contributed by atoms with Gasteiger partial charge in [-0.2, -0.15) is 0 Å². The van der Waals surface area contributed by atoms with E-state index in [9.17, 15) is 4.39 Å². The lowest BCUT2D eigenvalue weighted by atomic mass is 9.86. The summed E-state index contributed by atoms with van der Waals surface area (Å²) < 4.78 is 13.6. The maximum absolute atomic E-state index is 13.6. The molecule has 0 saturated heterocycles. The van der Waals surface area contributed by atoms with Gasteiger partial charge in [0.1, 0.15) is 6.17 Å². The highest BCUT2D eigenvalue weighted by atomic mass is 19.1. The zero-order valence-electron chi connectivity index (χ0n) is 7.76. The van der Waals surface area contributed by atoms with Crippen LogP contribution in [0.5, 0.6) is 0 Å². The zero-order valence-corrected chi connectivity index (χ0v) is 7.76. The van der Waals surface area contributed by atoms with Gasteiger partial charge in [0.05, 0.1) is 0 Å². The molecule has 0 aliphatic rings. The summed E-state index contributed by atoms with van der Waals surface area (Å²) in [7, 11) is 0. The quantitative estimate of drug-likeness (QED) is 0.597. The molecule has 0 amide bonds. The van der Waals surface area contributed by atoms with E-state index in [4.69, 9.17) is 0 Å². The van der Waals surface area contributed by atoms with Crippen molar-refractivity contribution in [2.45, 2.75) is 26.9 Å². The van der Waals surface area contributed by atoms with Crippen LogP contribution in [0, 0.1) is 11.5 Å². The number of alkyl halides is 1. The van der Waals surface area contributed by atoms with Crippen LogP contribution in [0.25, 0.3) is 0 Å². The Hall–Kier alpha value is -0.850. The Morgan fingerprint density at radius 2 is 2.00 bits per heavy atom. The number of halogens is 1. The molecule has 0 aromatic heterocycles. The summed E-state index contributed by atoms with van der Waals surface area (Å²) in [4.78, 5) is 0. The molecule has 1 radical (unpaired) electrons. The minimum atomic E-state index is -0.932. The van der Waals surface area contributed by atoms with E-state index in [1.54, 1.807) is 12.1 Å². The standard InChI is InChI=1S/C11H14F/c1-11(2,3)10(12)9-7-5-4-6-8-9/h4-7,10H,1-3H3. The van der Waals surface area contributed by atoms with E-state index in [0.29, 0.717) is 5.56 Å². The fourth-order valence-electron chi connectivity index (χ4n) is 1.03. The van der Waals surface area contributed by atoms with Crippen LogP contribution in [0.3, 0.4) is 0 Å². The van der Waals surface area contributed by atoms with Crippen molar-refractivity contribution in [3.05, 3.63) is 35.9 Å². The fraction of sp³-hybridized carbons (Fsp3) is 0.455. The fourth-order valence-corrected chi connectivity index (χ4v) is 1.03. The lowest BCUT2D eigenvalue weighted by Crippen LogP contribution is -2.13. The summed E-state index contributed by atoms with van der Waals surface area (Å²) in [5, 5.41) is 0. The molecule has 0 spiro atoms. The Kier molecular flexibility index (Phi) is 2.51. The second kappa shape index (κ2) is 3.26. The molecule has 1 heteroatoms. The zero-order chi connectivity index (χ0) is 9.19. The molecule has 1 unspecified atom stereocenters. The second-order valence-electron chi connectivity index (χ2n) is 4.05. The lowest BCUT2D eigenvalue weighted by Gasteiger charge is -2.23. The molecule has 1 atom stereocenters. The molecule has 0 heterocycles. The number of hydrogen-bond acceptors (Lipinski definition) is 0. The van der Waals surface area contributed by atoms with E-state index in [2.05, 4.69) is 6.07 Å². The maximum atomic E-state index is 13.6. The minimum absolute atomic E-state index is 0.335. The normalized spacial score (nSPS) is 14.3. The monoisotopic (exact) mass is 165 g/mol. The van der Waals surface area contributed by atoms with E-state index in [0.717, 1.165) is 0 Å². The molecule has 0 nitrogen and oxygen atoms in total. The van der Waals surface area contributed by atoms with Crippen LogP contribution in [-0.4, -0.2) is 0 Å². The Labute approximate surface area is 73.4 Å². The van der Waals surface area contributed by atoms with Gasteiger partial charge in [0, 0.05) is 0 Å². The molecule has 1 rings (SSSR count). The maximum Gasteiger partial charge on any atom is 0.131 e. The van der Waals surface area contributed by atoms with E-state index < -0.39 is 6.17 Å². The predicted octanol–water partition coefficient (Wildman–Crippen LogP) is 3.54. The van der Waals surface area contributed by atoms with Gasteiger partial charge in [-0.15, -0.1) is 0 Å². The summed E-state index contributed by atoms with van der Waals surface area (Å²) >= 11 is 0. The van der Waals surface area contributed by atoms with Gasteiger partial charge in [-0.1, -0.05) is 45.0 Å². The van der Waals surface area contributed by atoms with Crippen LogP contribution in [-0.2, 0) is 0 Å². The van der Waals surface area contributed by atoms with Crippen molar-refractivity contribution in [1.82, 2.24) is 0 Å². The highest BCUT2D eigenvalue weighted by Gasteiger charge is 2.25. The van der Waals surface area contributed by atoms with Crippen LogP contribution in [0.15, 0.2) is 24.3 Å². The number of hydrogen-bond donors (Lipinski definition) is 0. The topological polar surface area (TPSA) is 0 Å². The summed E-state index contributed by atoms with van der Waals surface area (Å²) in [5.41, 5.74) is 0.308. The largest absolute Gasteiger partial charge is 0.242 e. The van der Waals surface area contributed by atoms with E-state index in [1.165, 1.54) is 0 Å². The van der Waals surface area contributed by atoms with Crippen molar-refractivity contribution in [2.24, 2.45) is 5.41 Å². The molecule has 65 valence electrons. The Balaban J connectivity index is 2.86. The molecule has 12 heavy (non-hydrogen) atoms. The van der Waals surface area contributed by atoms with Crippen molar-refractivity contribution in [3.8, 4) is 0 Å². The van der Waals surface area contributed by atoms with Gasteiger partial charge in [-0.3, -0.25) is 0 Å². The molecule has 0 aliphatic heterocycles. The van der Waals surface area contributed by atoms with Crippen molar-refractivity contribution >= 4 is 0 Å². The SMILES string of the molecule is CC(C)(C)C(F)c1[c]cccc1. The number of rotatable bonds is 1. The van der Waals surface area contributed by atoms with Gasteiger partial charge >= 0.3 is 0 Å². The first-order valence-corrected chi connectivity index (χ1v) is 4.12. The van der Waals surface area contributed by atoms with Gasteiger partial charge in [0.25, 0.3) is 0 Å². The first-order chi connectivity index (χ1) is 5.52. The summed E-state index contributed by atoms with van der Waals surface area (Å²) in [6.07, 6.45) is -0.932. The van der Waals surface area contributed by atoms with Crippen LogP contribution in [0.2, 0.25) is 0 Å².